The fourth-order valence-electron chi connectivity index (χ4n) is 0.516. The second-order valence-corrected chi connectivity index (χ2v) is 1.80. The Morgan fingerprint density at radius 3 is 2.64 bits per heavy atom. The normalized spacial score (nSPS) is 10.8. The van der Waals surface area contributed by atoms with Crippen molar-refractivity contribution in [3.63, 3.8) is 0 Å². The van der Waals surface area contributed by atoms with Crippen LogP contribution in [0.1, 0.15) is 13.3 Å². The van der Waals surface area contributed by atoms with Crippen molar-refractivity contribution in [1.29, 1.82) is 10.5 Å². The molecule has 0 aromatic rings. The predicted octanol–water partition coefficient (Wildman–Crippen LogP) is 0.603. The Kier molecular flexibility index (Phi) is 4.51. The van der Waals surface area contributed by atoms with Crippen LogP contribution >= 0.6 is 0 Å². The van der Waals surface area contributed by atoms with Gasteiger partial charge in [-0.05, 0) is 6.92 Å². The van der Waals surface area contributed by atoms with E-state index in [0.29, 0.717) is 0 Å². The van der Waals surface area contributed by atoms with E-state index in [1.807, 2.05) is 0 Å². The van der Waals surface area contributed by atoms with Gasteiger partial charge in [-0.2, -0.15) is 10.5 Å². The molecule has 11 heavy (non-hydrogen) atoms. The van der Waals surface area contributed by atoms with Gasteiger partial charge in [-0.25, -0.2) is 0 Å². The molecule has 0 unspecified atom stereocenters. The van der Waals surface area contributed by atoms with Gasteiger partial charge >= 0.3 is 5.97 Å². The molecule has 0 heterocycles. The van der Waals surface area contributed by atoms with E-state index in [9.17, 15) is 4.79 Å². The Bertz CT molecular complexity index is 211. The summed E-state index contributed by atoms with van der Waals surface area (Å²) in [5.74, 6) is -1.54. The second kappa shape index (κ2) is 5.25. The summed E-state index contributed by atoms with van der Waals surface area (Å²) in [5, 5.41) is 16.5. The number of carbonyl (C=O) groups excluding carboxylic acids is 1. The molecule has 0 fully saturated rings. The van der Waals surface area contributed by atoms with Crippen LogP contribution in [0.5, 0.6) is 0 Å². The highest BCUT2D eigenvalue weighted by atomic mass is 16.5. The van der Waals surface area contributed by atoms with Crippen LogP contribution in [-0.4, -0.2) is 12.6 Å². The molecule has 0 aromatic heterocycles. The lowest BCUT2D eigenvalue weighted by Crippen LogP contribution is -2.15. The minimum absolute atomic E-state index is 0.102. The average molecular weight is 152 g/mol. The van der Waals surface area contributed by atoms with Gasteiger partial charge in [0, 0.05) is 0 Å². The summed E-state index contributed by atoms with van der Waals surface area (Å²) in [6, 6.07) is 3.43. The van der Waals surface area contributed by atoms with Gasteiger partial charge in [-0.15, -0.1) is 0 Å². The van der Waals surface area contributed by atoms with Crippen LogP contribution in [0.4, 0.5) is 0 Å². The van der Waals surface area contributed by atoms with Gasteiger partial charge in [0.15, 0.2) is 5.92 Å². The van der Waals surface area contributed by atoms with E-state index in [0.717, 1.165) is 0 Å². The number of nitrogens with zero attached hydrogens (tertiary/aromatic N) is 2. The molecule has 0 N–H and O–H groups in total. The highest BCUT2D eigenvalue weighted by molar-refractivity contribution is 5.75. The van der Waals surface area contributed by atoms with Gasteiger partial charge in [0.25, 0.3) is 0 Å². The Hall–Kier alpha value is -1.55. The van der Waals surface area contributed by atoms with E-state index >= 15 is 0 Å². The summed E-state index contributed by atoms with van der Waals surface area (Å²) in [4.78, 5) is 10.8. The smallest absolute Gasteiger partial charge is 0.324 e. The number of carbonyl (C=O) groups is 1. The molecule has 0 aliphatic heterocycles. The van der Waals surface area contributed by atoms with Crippen LogP contribution in [-0.2, 0) is 9.53 Å². The van der Waals surface area contributed by atoms with Crippen molar-refractivity contribution in [2.75, 3.05) is 6.61 Å². The molecule has 0 saturated carbocycles. The molecular weight excluding hydrogens is 144 g/mol. The van der Waals surface area contributed by atoms with Crippen molar-refractivity contribution < 1.29 is 9.53 Å². The first-order chi connectivity index (χ1) is 5.26. The SMILES string of the molecule is CCOC(=O)[C@@H](C#N)CC#N. The van der Waals surface area contributed by atoms with Crippen LogP contribution < -0.4 is 0 Å². The summed E-state index contributed by atoms with van der Waals surface area (Å²) in [5.41, 5.74) is 0. The molecule has 0 amide bonds. The Morgan fingerprint density at radius 2 is 2.27 bits per heavy atom. The highest BCUT2D eigenvalue weighted by Gasteiger charge is 2.17. The monoisotopic (exact) mass is 152 g/mol. The first-order valence-electron chi connectivity index (χ1n) is 3.19. The standard InChI is InChI=1S/C7H8N2O2/c1-2-11-7(10)6(5-9)3-4-8/h6H,2-3H2,1H3/t6-/m1/s1. The first kappa shape index (κ1) is 9.45. The molecule has 0 spiro atoms. The lowest BCUT2D eigenvalue weighted by molar-refractivity contribution is -0.145. The van der Waals surface area contributed by atoms with Gasteiger partial charge in [0.2, 0.25) is 0 Å². The maximum atomic E-state index is 10.8. The van der Waals surface area contributed by atoms with E-state index in [1.165, 1.54) is 0 Å². The second-order valence-electron chi connectivity index (χ2n) is 1.80. The number of nitriles is 2. The van der Waals surface area contributed by atoms with Gasteiger partial charge in [-0.3, -0.25) is 4.79 Å². The maximum absolute atomic E-state index is 10.8. The number of hydrogen-bond donors (Lipinski definition) is 0. The molecule has 0 rings (SSSR count). The number of hydrogen-bond acceptors (Lipinski definition) is 4. The summed E-state index contributed by atoms with van der Waals surface area (Å²) < 4.78 is 4.53. The largest absolute Gasteiger partial charge is 0.465 e. The van der Waals surface area contributed by atoms with Crippen molar-refractivity contribution in [1.82, 2.24) is 0 Å². The zero-order valence-corrected chi connectivity index (χ0v) is 6.20. The molecule has 0 aliphatic rings. The minimum atomic E-state index is -0.931. The Labute approximate surface area is 65.0 Å². The average Bonchev–Trinajstić information content (AvgIpc) is 2.00. The number of rotatable bonds is 3. The van der Waals surface area contributed by atoms with Crippen LogP contribution in [0.3, 0.4) is 0 Å². The van der Waals surface area contributed by atoms with Crippen molar-refractivity contribution in [3.05, 3.63) is 0 Å². The van der Waals surface area contributed by atoms with Gasteiger partial charge in [0.1, 0.15) is 0 Å². The third-order valence-electron chi connectivity index (χ3n) is 1.02. The highest BCUT2D eigenvalue weighted by Crippen LogP contribution is 2.02. The van der Waals surface area contributed by atoms with Crippen molar-refractivity contribution >= 4 is 5.97 Å². The topological polar surface area (TPSA) is 73.9 Å². The van der Waals surface area contributed by atoms with E-state index in [2.05, 4.69) is 4.74 Å². The molecular formula is C7H8N2O2. The molecule has 4 heteroatoms. The van der Waals surface area contributed by atoms with E-state index in [1.54, 1.807) is 19.1 Å². The van der Waals surface area contributed by atoms with Crippen molar-refractivity contribution in [2.24, 2.45) is 5.92 Å². The fourth-order valence-corrected chi connectivity index (χ4v) is 0.516. The van der Waals surface area contributed by atoms with Crippen LogP contribution in [0.25, 0.3) is 0 Å². The summed E-state index contributed by atoms with van der Waals surface area (Å²) >= 11 is 0. The zero-order chi connectivity index (χ0) is 8.69. The third-order valence-corrected chi connectivity index (χ3v) is 1.02. The van der Waals surface area contributed by atoms with Gasteiger partial charge in [0.05, 0.1) is 25.2 Å². The zero-order valence-electron chi connectivity index (χ0n) is 6.20. The number of esters is 1. The minimum Gasteiger partial charge on any atom is -0.465 e. The number of ether oxygens (including phenoxy) is 1. The van der Waals surface area contributed by atoms with E-state index < -0.39 is 11.9 Å². The predicted molar refractivity (Wildman–Crippen MR) is 36.0 cm³/mol. The molecule has 58 valence electrons. The van der Waals surface area contributed by atoms with Crippen LogP contribution in [0.2, 0.25) is 0 Å². The van der Waals surface area contributed by atoms with E-state index in [-0.39, 0.29) is 13.0 Å². The molecule has 4 nitrogen and oxygen atoms in total. The molecule has 0 bridgehead atoms. The Morgan fingerprint density at radius 1 is 1.64 bits per heavy atom. The summed E-state index contributed by atoms with van der Waals surface area (Å²) in [6.45, 7) is 1.89. The van der Waals surface area contributed by atoms with Gasteiger partial charge in [-0.1, -0.05) is 0 Å². The van der Waals surface area contributed by atoms with Gasteiger partial charge < -0.3 is 4.74 Å². The van der Waals surface area contributed by atoms with Crippen LogP contribution in [0, 0.1) is 28.6 Å². The Balaban J connectivity index is 3.97. The van der Waals surface area contributed by atoms with E-state index in [4.69, 9.17) is 10.5 Å². The fraction of sp³-hybridized carbons (Fsp3) is 0.571. The first-order valence-corrected chi connectivity index (χ1v) is 3.19. The lowest BCUT2D eigenvalue weighted by Gasteiger charge is -2.02. The summed E-state index contributed by atoms with van der Waals surface area (Å²) in [7, 11) is 0. The molecule has 0 aromatic carbocycles. The molecule has 0 radical (unpaired) electrons. The third kappa shape index (κ3) is 3.22. The van der Waals surface area contributed by atoms with Crippen molar-refractivity contribution in [3.8, 4) is 12.1 Å². The molecule has 0 saturated heterocycles. The lowest BCUT2D eigenvalue weighted by atomic mass is 10.1. The molecule has 1 atom stereocenters. The quantitative estimate of drug-likeness (QED) is 0.555. The molecule has 0 aliphatic carbocycles. The summed E-state index contributed by atoms with van der Waals surface area (Å²) in [6.07, 6.45) is -0.102. The maximum Gasteiger partial charge on any atom is 0.324 e. The van der Waals surface area contributed by atoms with Crippen molar-refractivity contribution in [2.45, 2.75) is 13.3 Å². The van der Waals surface area contributed by atoms with Crippen LogP contribution in [0.15, 0.2) is 0 Å².